The lowest BCUT2D eigenvalue weighted by Crippen LogP contribution is -2.01. The number of nitrogens with one attached hydrogen (secondary N) is 1. The van der Waals surface area contributed by atoms with Gasteiger partial charge in [-0.25, -0.2) is 0 Å². The fourth-order valence-electron chi connectivity index (χ4n) is 1.85. The van der Waals surface area contributed by atoms with Crippen molar-refractivity contribution in [3.63, 3.8) is 0 Å². The number of methoxy groups -OCH3 is 2. The molecule has 106 valence electrons. The molecule has 0 aliphatic heterocycles. The zero-order valence-electron chi connectivity index (χ0n) is 11.2. The molecule has 2 aromatic rings. The molecule has 2 aromatic carbocycles. The second-order valence-electron chi connectivity index (χ2n) is 4.17. The van der Waals surface area contributed by atoms with Crippen LogP contribution in [0.4, 0.5) is 5.69 Å². The number of benzene rings is 2. The summed E-state index contributed by atoms with van der Waals surface area (Å²) in [5.41, 5.74) is 2.18. The summed E-state index contributed by atoms with van der Waals surface area (Å²) >= 11 is 6.92. The normalized spacial score (nSPS) is 10.2. The van der Waals surface area contributed by atoms with Crippen molar-refractivity contribution in [2.75, 3.05) is 19.5 Å². The van der Waals surface area contributed by atoms with Crippen LogP contribution in [0.3, 0.4) is 0 Å². The number of halogens is 2. The standard InChI is InChI=1S/C15H15Br2NO2/c1-19-14-8-10(7-13(17)15(14)20-2)9-18-12-5-3-11(16)4-6-12/h3-8,18H,9H2,1-2H3. The number of rotatable bonds is 5. The Morgan fingerprint density at radius 3 is 2.30 bits per heavy atom. The molecule has 20 heavy (non-hydrogen) atoms. The molecule has 0 saturated carbocycles. The summed E-state index contributed by atoms with van der Waals surface area (Å²) in [5.74, 6) is 1.43. The van der Waals surface area contributed by atoms with Gasteiger partial charge in [0.15, 0.2) is 11.5 Å². The number of ether oxygens (including phenoxy) is 2. The molecule has 5 heteroatoms. The van der Waals surface area contributed by atoms with Gasteiger partial charge in [-0.05, 0) is 57.9 Å². The van der Waals surface area contributed by atoms with Crippen LogP contribution in [-0.2, 0) is 6.54 Å². The summed E-state index contributed by atoms with van der Waals surface area (Å²) in [6, 6.07) is 12.1. The Kier molecular flexibility index (Phi) is 5.31. The van der Waals surface area contributed by atoms with E-state index in [1.165, 1.54) is 0 Å². The van der Waals surface area contributed by atoms with Gasteiger partial charge in [-0.15, -0.1) is 0 Å². The second-order valence-corrected chi connectivity index (χ2v) is 5.94. The van der Waals surface area contributed by atoms with E-state index < -0.39 is 0 Å². The number of anilines is 1. The van der Waals surface area contributed by atoms with Gasteiger partial charge in [-0.3, -0.25) is 0 Å². The highest BCUT2D eigenvalue weighted by atomic mass is 79.9. The first-order chi connectivity index (χ1) is 9.63. The van der Waals surface area contributed by atoms with E-state index in [1.54, 1.807) is 14.2 Å². The lowest BCUT2D eigenvalue weighted by molar-refractivity contribution is 0.352. The molecule has 0 radical (unpaired) electrons. The topological polar surface area (TPSA) is 30.5 Å². The molecular formula is C15H15Br2NO2. The molecule has 0 spiro atoms. The van der Waals surface area contributed by atoms with Crippen LogP contribution in [0.2, 0.25) is 0 Å². The number of hydrogen-bond acceptors (Lipinski definition) is 3. The van der Waals surface area contributed by atoms with Crippen molar-refractivity contribution in [1.29, 1.82) is 0 Å². The summed E-state index contributed by atoms with van der Waals surface area (Å²) < 4.78 is 12.6. The molecule has 2 rings (SSSR count). The van der Waals surface area contributed by atoms with Crippen molar-refractivity contribution in [2.45, 2.75) is 6.54 Å². The van der Waals surface area contributed by atoms with Crippen molar-refractivity contribution < 1.29 is 9.47 Å². The lowest BCUT2D eigenvalue weighted by atomic mass is 10.2. The van der Waals surface area contributed by atoms with E-state index in [9.17, 15) is 0 Å². The Morgan fingerprint density at radius 2 is 1.70 bits per heavy atom. The fraction of sp³-hybridized carbons (Fsp3) is 0.200. The van der Waals surface area contributed by atoms with Crippen LogP contribution in [0, 0.1) is 0 Å². The van der Waals surface area contributed by atoms with E-state index in [-0.39, 0.29) is 0 Å². The SMILES string of the molecule is COc1cc(CNc2ccc(Br)cc2)cc(Br)c1OC. The molecule has 0 atom stereocenters. The molecular weight excluding hydrogens is 386 g/mol. The first kappa shape index (κ1) is 15.2. The van der Waals surface area contributed by atoms with Gasteiger partial charge in [0.1, 0.15) is 0 Å². The van der Waals surface area contributed by atoms with Gasteiger partial charge >= 0.3 is 0 Å². The molecule has 0 aliphatic carbocycles. The molecule has 0 amide bonds. The predicted molar refractivity (Wildman–Crippen MR) is 88.7 cm³/mol. The van der Waals surface area contributed by atoms with Crippen LogP contribution in [0.25, 0.3) is 0 Å². The average molecular weight is 401 g/mol. The van der Waals surface area contributed by atoms with Crippen LogP contribution >= 0.6 is 31.9 Å². The van der Waals surface area contributed by atoms with Gasteiger partial charge in [-0.2, -0.15) is 0 Å². The molecule has 3 nitrogen and oxygen atoms in total. The average Bonchev–Trinajstić information content (AvgIpc) is 2.46. The monoisotopic (exact) mass is 399 g/mol. The van der Waals surface area contributed by atoms with Crippen molar-refractivity contribution in [3.8, 4) is 11.5 Å². The fourth-order valence-corrected chi connectivity index (χ4v) is 2.76. The minimum Gasteiger partial charge on any atom is -0.493 e. The van der Waals surface area contributed by atoms with Crippen molar-refractivity contribution >= 4 is 37.5 Å². The van der Waals surface area contributed by atoms with Gasteiger partial charge in [0.25, 0.3) is 0 Å². The number of hydrogen-bond donors (Lipinski definition) is 1. The molecule has 1 N–H and O–H groups in total. The Balaban J connectivity index is 2.13. The molecule has 0 aromatic heterocycles. The Hall–Kier alpha value is -1.20. The first-order valence-corrected chi connectivity index (χ1v) is 7.62. The van der Waals surface area contributed by atoms with Crippen LogP contribution in [0.15, 0.2) is 45.3 Å². The molecule has 0 bridgehead atoms. The van der Waals surface area contributed by atoms with E-state index in [2.05, 4.69) is 37.2 Å². The molecule has 0 heterocycles. The maximum Gasteiger partial charge on any atom is 0.174 e. The first-order valence-electron chi connectivity index (χ1n) is 6.04. The molecule has 0 fully saturated rings. The minimum atomic E-state index is 0.708. The Labute approximate surface area is 135 Å². The van der Waals surface area contributed by atoms with Gasteiger partial charge in [0, 0.05) is 16.7 Å². The highest BCUT2D eigenvalue weighted by Gasteiger charge is 2.10. The third-order valence-corrected chi connectivity index (χ3v) is 3.95. The van der Waals surface area contributed by atoms with Gasteiger partial charge in [-0.1, -0.05) is 15.9 Å². The van der Waals surface area contributed by atoms with E-state index in [4.69, 9.17) is 9.47 Å². The predicted octanol–water partition coefficient (Wildman–Crippen LogP) is 4.84. The largest absolute Gasteiger partial charge is 0.493 e. The zero-order chi connectivity index (χ0) is 14.5. The maximum absolute atomic E-state index is 5.34. The zero-order valence-corrected chi connectivity index (χ0v) is 14.4. The minimum absolute atomic E-state index is 0.708. The third kappa shape index (κ3) is 3.67. The summed E-state index contributed by atoms with van der Waals surface area (Å²) in [7, 11) is 3.26. The maximum atomic E-state index is 5.34. The lowest BCUT2D eigenvalue weighted by Gasteiger charge is -2.13. The van der Waals surface area contributed by atoms with Gasteiger partial charge in [0.2, 0.25) is 0 Å². The van der Waals surface area contributed by atoms with Crippen molar-refractivity contribution in [1.82, 2.24) is 0 Å². The Morgan fingerprint density at radius 1 is 1.00 bits per heavy atom. The highest BCUT2D eigenvalue weighted by molar-refractivity contribution is 9.10. The van der Waals surface area contributed by atoms with E-state index >= 15 is 0 Å². The summed E-state index contributed by atoms with van der Waals surface area (Å²) in [6.45, 7) is 0.709. The van der Waals surface area contributed by atoms with Crippen LogP contribution in [0.1, 0.15) is 5.56 Å². The quantitative estimate of drug-likeness (QED) is 0.778. The van der Waals surface area contributed by atoms with Crippen LogP contribution in [-0.4, -0.2) is 14.2 Å². The van der Waals surface area contributed by atoms with Crippen molar-refractivity contribution in [3.05, 3.63) is 50.9 Å². The second kappa shape index (κ2) is 6.99. The van der Waals surface area contributed by atoms with E-state index in [1.807, 2.05) is 36.4 Å². The highest BCUT2D eigenvalue weighted by Crippen LogP contribution is 2.36. The van der Waals surface area contributed by atoms with Crippen LogP contribution < -0.4 is 14.8 Å². The van der Waals surface area contributed by atoms with Gasteiger partial charge in [0.05, 0.1) is 18.7 Å². The summed E-state index contributed by atoms with van der Waals surface area (Å²) in [5, 5.41) is 3.37. The Bertz CT molecular complexity index is 585. The summed E-state index contributed by atoms with van der Waals surface area (Å²) in [6.07, 6.45) is 0. The van der Waals surface area contributed by atoms with E-state index in [0.717, 1.165) is 25.9 Å². The smallest absolute Gasteiger partial charge is 0.174 e. The van der Waals surface area contributed by atoms with E-state index in [0.29, 0.717) is 12.3 Å². The van der Waals surface area contributed by atoms with Crippen molar-refractivity contribution in [2.24, 2.45) is 0 Å². The third-order valence-electron chi connectivity index (χ3n) is 2.83. The summed E-state index contributed by atoms with van der Waals surface area (Å²) in [4.78, 5) is 0. The molecule has 0 unspecified atom stereocenters. The van der Waals surface area contributed by atoms with Gasteiger partial charge < -0.3 is 14.8 Å². The van der Waals surface area contributed by atoms with Crippen LogP contribution in [0.5, 0.6) is 11.5 Å². The molecule has 0 saturated heterocycles. The molecule has 0 aliphatic rings.